The highest BCUT2D eigenvalue weighted by Gasteiger charge is 2.15. The maximum absolute atomic E-state index is 8.98. The Morgan fingerprint density at radius 1 is 1.48 bits per heavy atom. The molecule has 1 unspecified atom stereocenters. The van der Waals surface area contributed by atoms with Crippen molar-refractivity contribution < 1.29 is 9.94 Å². The van der Waals surface area contributed by atoms with E-state index in [1.165, 1.54) is 0 Å². The molecule has 0 spiro atoms. The molecule has 0 amide bonds. The van der Waals surface area contributed by atoms with Crippen molar-refractivity contribution in [2.45, 2.75) is 13.0 Å². The van der Waals surface area contributed by atoms with E-state index < -0.39 is 0 Å². The number of nitrogens with two attached hydrogens (primary N) is 1. The number of rotatable bonds is 5. The van der Waals surface area contributed by atoms with Crippen molar-refractivity contribution in [1.29, 1.82) is 0 Å². The molecular formula is C15H20N4O2. The quantitative estimate of drug-likeness (QED) is 0.379. The molecule has 1 heterocycles. The van der Waals surface area contributed by atoms with E-state index >= 15 is 0 Å². The predicted octanol–water partition coefficient (Wildman–Crippen LogP) is 1.80. The van der Waals surface area contributed by atoms with Crippen molar-refractivity contribution in [3.63, 3.8) is 0 Å². The van der Waals surface area contributed by atoms with Gasteiger partial charge in [0.25, 0.3) is 0 Å². The van der Waals surface area contributed by atoms with Crippen LogP contribution in [0.5, 0.6) is 0 Å². The van der Waals surface area contributed by atoms with Crippen molar-refractivity contribution in [3.8, 4) is 0 Å². The van der Waals surface area contributed by atoms with Gasteiger partial charge in [0.1, 0.15) is 5.82 Å². The molecule has 2 rings (SSSR count). The standard InChI is InChI=1S/C15H20N4O2/c1-10(9-21-3)19(2)14-8-12(15(16)18-20)11-6-4-5-7-13(11)17-14/h4-8,10,20H,9H2,1-3H3,(H2,16,18). The zero-order chi connectivity index (χ0) is 15.4. The van der Waals surface area contributed by atoms with Crippen molar-refractivity contribution in [3.05, 3.63) is 35.9 Å². The zero-order valence-corrected chi connectivity index (χ0v) is 12.4. The van der Waals surface area contributed by atoms with Crippen LogP contribution in [0.25, 0.3) is 10.9 Å². The van der Waals surface area contributed by atoms with Crippen molar-refractivity contribution >= 4 is 22.6 Å². The summed E-state index contributed by atoms with van der Waals surface area (Å²) in [5.74, 6) is 0.822. The first-order valence-electron chi connectivity index (χ1n) is 6.68. The number of benzene rings is 1. The van der Waals surface area contributed by atoms with Crippen molar-refractivity contribution in [2.75, 3.05) is 25.7 Å². The number of oxime groups is 1. The summed E-state index contributed by atoms with van der Waals surface area (Å²) in [4.78, 5) is 6.64. The monoisotopic (exact) mass is 288 g/mol. The van der Waals surface area contributed by atoms with Crippen LogP contribution in [0, 0.1) is 0 Å². The number of ether oxygens (including phenoxy) is 1. The minimum Gasteiger partial charge on any atom is -0.409 e. The second-order valence-electron chi connectivity index (χ2n) is 4.95. The molecular weight excluding hydrogens is 268 g/mol. The van der Waals surface area contributed by atoms with Crippen LogP contribution in [0.4, 0.5) is 5.82 Å². The van der Waals surface area contributed by atoms with Crippen molar-refractivity contribution in [1.82, 2.24) is 4.98 Å². The van der Waals surface area contributed by atoms with Crippen LogP contribution in [-0.4, -0.2) is 42.8 Å². The number of amidine groups is 1. The largest absolute Gasteiger partial charge is 0.409 e. The number of anilines is 1. The Bertz CT molecular complexity index is 657. The molecule has 112 valence electrons. The predicted molar refractivity (Wildman–Crippen MR) is 84.0 cm³/mol. The molecule has 6 nitrogen and oxygen atoms in total. The van der Waals surface area contributed by atoms with E-state index in [0.29, 0.717) is 12.2 Å². The Morgan fingerprint density at radius 2 is 2.19 bits per heavy atom. The Morgan fingerprint density at radius 3 is 2.86 bits per heavy atom. The number of hydrogen-bond donors (Lipinski definition) is 2. The van der Waals surface area contributed by atoms with Gasteiger partial charge in [0.2, 0.25) is 0 Å². The third-order valence-electron chi connectivity index (χ3n) is 3.52. The van der Waals surface area contributed by atoms with Gasteiger partial charge in [0, 0.05) is 25.1 Å². The Labute approximate surface area is 123 Å². The second-order valence-corrected chi connectivity index (χ2v) is 4.95. The Balaban J connectivity index is 2.56. The third kappa shape index (κ3) is 3.05. The normalized spacial score (nSPS) is 13.4. The van der Waals surface area contributed by atoms with E-state index in [0.717, 1.165) is 16.7 Å². The number of fused-ring (bicyclic) bond motifs is 1. The van der Waals surface area contributed by atoms with Crippen LogP contribution in [0.3, 0.4) is 0 Å². The average molecular weight is 288 g/mol. The highest BCUT2D eigenvalue weighted by molar-refractivity contribution is 6.08. The number of likely N-dealkylation sites (N-methyl/N-ethyl adjacent to an activating group) is 1. The summed E-state index contributed by atoms with van der Waals surface area (Å²) >= 11 is 0. The lowest BCUT2D eigenvalue weighted by Gasteiger charge is -2.26. The summed E-state index contributed by atoms with van der Waals surface area (Å²) in [6.45, 7) is 2.63. The second kappa shape index (κ2) is 6.41. The van der Waals surface area contributed by atoms with Gasteiger partial charge in [-0.2, -0.15) is 0 Å². The summed E-state index contributed by atoms with van der Waals surface area (Å²) in [6, 6.07) is 9.59. The number of para-hydroxylation sites is 1. The highest BCUT2D eigenvalue weighted by Crippen LogP contribution is 2.23. The summed E-state index contributed by atoms with van der Waals surface area (Å²) in [7, 11) is 3.61. The van der Waals surface area contributed by atoms with Crippen LogP contribution in [0.15, 0.2) is 35.5 Å². The summed E-state index contributed by atoms with van der Waals surface area (Å²) in [5, 5.41) is 12.9. The Hall–Kier alpha value is -2.34. The van der Waals surface area contributed by atoms with E-state index in [-0.39, 0.29) is 11.9 Å². The topological polar surface area (TPSA) is 84.0 Å². The summed E-state index contributed by atoms with van der Waals surface area (Å²) in [6.07, 6.45) is 0. The van der Waals surface area contributed by atoms with E-state index in [1.807, 2.05) is 49.2 Å². The van der Waals surface area contributed by atoms with E-state index in [9.17, 15) is 0 Å². The fourth-order valence-corrected chi connectivity index (χ4v) is 2.19. The molecule has 1 aromatic carbocycles. The fourth-order valence-electron chi connectivity index (χ4n) is 2.19. The smallest absolute Gasteiger partial charge is 0.170 e. The van der Waals surface area contributed by atoms with Gasteiger partial charge in [-0.15, -0.1) is 0 Å². The van der Waals surface area contributed by atoms with Crippen LogP contribution >= 0.6 is 0 Å². The number of nitrogens with zero attached hydrogens (tertiary/aromatic N) is 3. The summed E-state index contributed by atoms with van der Waals surface area (Å²) in [5.41, 5.74) is 7.25. The van der Waals surface area contributed by atoms with Gasteiger partial charge in [-0.1, -0.05) is 23.4 Å². The molecule has 0 fully saturated rings. The number of aromatic nitrogens is 1. The lowest BCUT2D eigenvalue weighted by molar-refractivity contribution is 0.183. The van der Waals surface area contributed by atoms with Gasteiger partial charge in [0.05, 0.1) is 18.2 Å². The molecule has 0 saturated carbocycles. The Kier molecular flexibility index (Phi) is 4.59. The van der Waals surface area contributed by atoms with E-state index in [1.54, 1.807) is 7.11 Å². The maximum Gasteiger partial charge on any atom is 0.170 e. The van der Waals surface area contributed by atoms with Gasteiger partial charge in [-0.3, -0.25) is 0 Å². The van der Waals surface area contributed by atoms with Crippen LogP contribution < -0.4 is 10.6 Å². The maximum atomic E-state index is 8.98. The lowest BCUT2D eigenvalue weighted by Crippen LogP contribution is -2.33. The van der Waals surface area contributed by atoms with E-state index in [2.05, 4.69) is 10.1 Å². The molecule has 0 radical (unpaired) electrons. The average Bonchev–Trinajstić information content (AvgIpc) is 2.52. The lowest BCUT2D eigenvalue weighted by atomic mass is 10.1. The highest BCUT2D eigenvalue weighted by atomic mass is 16.5. The fraction of sp³-hybridized carbons (Fsp3) is 0.333. The van der Waals surface area contributed by atoms with Gasteiger partial charge < -0.3 is 20.6 Å². The molecule has 21 heavy (non-hydrogen) atoms. The van der Waals surface area contributed by atoms with Crippen LogP contribution in [-0.2, 0) is 4.74 Å². The number of methoxy groups -OCH3 is 1. The first-order chi connectivity index (χ1) is 10.1. The van der Waals surface area contributed by atoms with Gasteiger partial charge in [-0.05, 0) is 19.1 Å². The minimum atomic E-state index is 0.0719. The third-order valence-corrected chi connectivity index (χ3v) is 3.52. The first kappa shape index (κ1) is 15.1. The van der Waals surface area contributed by atoms with Gasteiger partial charge in [-0.25, -0.2) is 4.98 Å². The molecule has 1 atom stereocenters. The van der Waals surface area contributed by atoms with Crippen LogP contribution in [0.2, 0.25) is 0 Å². The van der Waals surface area contributed by atoms with Gasteiger partial charge in [0.15, 0.2) is 5.84 Å². The molecule has 0 aliphatic heterocycles. The van der Waals surface area contributed by atoms with Crippen molar-refractivity contribution in [2.24, 2.45) is 10.9 Å². The zero-order valence-electron chi connectivity index (χ0n) is 12.4. The molecule has 3 N–H and O–H groups in total. The SMILES string of the molecule is COCC(C)N(C)c1cc(C(N)=NO)c2ccccc2n1. The molecule has 1 aromatic heterocycles. The first-order valence-corrected chi connectivity index (χ1v) is 6.68. The molecule has 0 aliphatic carbocycles. The van der Waals surface area contributed by atoms with Gasteiger partial charge >= 0.3 is 0 Å². The molecule has 0 saturated heterocycles. The van der Waals surface area contributed by atoms with Crippen LogP contribution in [0.1, 0.15) is 12.5 Å². The minimum absolute atomic E-state index is 0.0719. The number of pyridine rings is 1. The molecule has 0 bridgehead atoms. The molecule has 6 heteroatoms. The summed E-state index contributed by atoms with van der Waals surface area (Å²) < 4.78 is 5.17. The molecule has 2 aromatic rings. The molecule has 0 aliphatic rings. The van der Waals surface area contributed by atoms with E-state index in [4.69, 9.17) is 15.7 Å². The number of hydrogen-bond acceptors (Lipinski definition) is 5.